The lowest BCUT2D eigenvalue weighted by Gasteiger charge is -2.30. The molecule has 1 heterocycles. The second-order valence-corrected chi connectivity index (χ2v) is 10.6. The van der Waals surface area contributed by atoms with E-state index in [1.165, 1.54) is 24.3 Å². The Morgan fingerprint density at radius 2 is 1.84 bits per heavy atom. The Morgan fingerprint density at radius 3 is 2.50 bits per heavy atom. The number of hydrogen-bond donors (Lipinski definition) is 0. The predicted molar refractivity (Wildman–Crippen MR) is 120 cm³/mol. The highest BCUT2D eigenvalue weighted by Gasteiger charge is 2.37. The molecule has 6 nitrogen and oxygen atoms in total. The number of nitrogens with zero attached hydrogens (tertiary/aromatic N) is 1. The summed E-state index contributed by atoms with van der Waals surface area (Å²) in [5, 5.41) is 0. The Morgan fingerprint density at radius 1 is 1.12 bits per heavy atom. The Hall–Kier alpha value is -3.06. The lowest BCUT2D eigenvalue weighted by Crippen LogP contribution is -2.43. The Balaban J connectivity index is 1.41. The first-order chi connectivity index (χ1) is 15.1. The van der Waals surface area contributed by atoms with Crippen molar-refractivity contribution < 1.29 is 22.8 Å². The van der Waals surface area contributed by atoms with Gasteiger partial charge in [0, 0.05) is 36.8 Å². The topological polar surface area (TPSA) is 88.6 Å². The number of carbonyl (C=O) groups excluding carboxylic acids is 3. The zero-order valence-corrected chi connectivity index (χ0v) is 18.8. The van der Waals surface area contributed by atoms with Gasteiger partial charge in [-0.2, -0.15) is 0 Å². The van der Waals surface area contributed by atoms with Crippen LogP contribution in [0, 0.1) is 0 Å². The summed E-state index contributed by atoms with van der Waals surface area (Å²) in [6.07, 6.45) is 3.63. The van der Waals surface area contributed by atoms with Gasteiger partial charge in [-0.25, -0.2) is 8.42 Å². The smallest absolute Gasteiger partial charge is 0.255 e. The average Bonchev–Trinajstić information content (AvgIpc) is 3.07. The summed E-state index contributed by atoms with van der Waals surface area (Å²) in [7, 11) is -3.30. The van der Waals surface area contributed by atoms with Gasteiger partial charge in [-0.05, 0) is 48.6 Å². The summed E-state index contributed by atoms with van der Waals surface area (Å²) in [6, 6.07) is 11.1. The van der Waals surface area contributed by atoms with E-state index in [0.717, 1.165) is 29.4 Å². The van der Waals surface area contributed by atoms with Gasteiger partial charge in [-0.3, -0.25) is 14.4 Å². The highest BCUT2D eigenvalue weighted by atomic mass is 32.2. The van der Waals surface area contributed by atoms with E-state index in [2.05, 4.69) is 6.58 Å². The molecule has 166 valence electrons. The number of sulfone groups is 1. The normalized spacial score (nSPS) is 18.7. The van der Waals surface area contributed by atoms with Crippen molar-refractivity contribution in [3.8, 4) is 0 Å². The maximum absolute atomic E-state index is 12.8. The summed E-state index contributed by atoms with van der Waals surface area (Å²) < 4.78 is 23.1. The van der Waals surface area contributed by atoms with E-state index in [1.54, 1.807) is 11.0 Å². The molecule has 2 aliphatic rings. The van der Waals surface area contributed by atoms with Crippen LogP contribution in [-0.4, -0.2) is 43.1 Å². The molecule has 1 amide bonds. The van der Waals surface area contributed by atoms with Gasteiger partial charge < -0.3 is 4.90 Å². The molecule has 4 rings (SSSR count). The molecule has 1 aliphatic heterocycles. The van der Waals surface area contributed by atoms with Crippen LogP contribution in [0.2, 0.25) is 0 Å². The van der Waals surface area contributed by atoms with Crippen molar-refractivity contribution in [2.24, 2.45) is 0 Å². The molecular weight excluding hydrogens is 426 g/mol. The van der Waals surface area contributed by atoms with Crippen LogP contribution in [0.5, 0.6) is 0 Å². The largest absolute Gasteiger partial charge is 0.324 e. The standard InChI is InChI=1S/C25H25NO5S/c1-16-3-11-22(24(28)13-16)26-15-19-14-17(4-10-21(19)25(26)29)5-12-23(27)18-6-8-20(9-7-18)32(2,30)31/h4,6-10,14,22H,1,3,5,11-13,15H2,2H3. The number of ketones is 2. The highest BCUT2D eigenvalue weighted by molar-refractivity contribution is 7.90. The van der Waals surface area contributed by atoms with Crippen molar-refractivity contribution in [1.82, 2.24) is 4.90 Å². The van der Waals surface area contributed by atoms with Crippen LogP contribution in [0.4, 0.5) is 0 Å². The first-order valence-electron chi connectivity index (χ1n) is 10.6. The van der Waals surface area contributed by atoms with Crippen LogP contribution in [0.15, 0.2) is 59.5 Å². The van der Waals surface area contributed by atoms with Crippen LogP contribution in [0.1, 0.15) is 57.5 Å². The van der Waals surface area contributed by atoms with Gasteiger partial charge in [0.05, 0.1) is 10.9 Å². The first kappa shape index (κ1) is 22.1. The molecule has 2 aromatic carbocycles. The second kappa shape index (κ2) is 8.47. The van der Waals surface area contributed by atoms with E-state index in [4.69, 9.17) is 0 Å². The molecule has 0 bridgehead atoms. The number of allylic oxidation sites excluding steroid dienone is 1. The lowest BCUT2D eigenvalue weighted by atomic mass is 9.90. The Labute approximate surface area is 187 Å². The van der Waals surface area contributed by atoms with Crippen molar-refractivity contribution in [2.45, 2.75) is 49.6 Å². The van der Waals surface area contributed by atoms with Gasteiger partial charge in [0.1, 0.15) is 0 Å². The third kappa shape index (κ3) is 4.43. The molecule has 1 atom stereocenters. The summed E-state index contributed by atoms with van der Waals surface area (Å²) in [5.74, 6) is -0.133. The molecule has 2 aromatic rings. The molecule has 0 aromatic heterocycles. The van der Waals surface area contributed by atoms with Gasteiger partial charge >= 0.3 is 0 Å². The van der Waals surface area contributed by atoms with Gasteiger partial charge in [0.15, 0.2) is 21.4 Å². The minimum absolute atomic E-state index is 0.0510. The summed E-state index contributed by atoms with van der Waals surface area (Å²) in [5.41, 5.74) is 3.84. The van der Waals surface area contributed by atoms with E-state index in [9.17, 15) is 22.8 Å². The molecular formula is C25H25NO5S. The van der Waals surface area contributed by atoms with E-state index >= 15 is 0 Å². The first-order valence-corrected chi connectivity index (χ1v) is 12.5. The fourth-order valence-electron chi connectivity index (χ4n) is 4.38. The average molecular weight is 452 g/mol. The van der Waals surface area contributed by atoms with Crippen LogP contribution in [0.25, 0.3) is 0 Å². The van der Waals surface area contributed by atoms with Crippen molar-refractivity contribution in [3.63, 3.8) is 0 Å². The number of hydrogen-bond acceptors (Lipinski definition) is 5. The number of benzene rings is 2. The maximum atomic E-state index is 12.8. The van der Waals surface area contributed by atoms with Gasteiger partial charge in [0.2, 0.25) is 0 Å². The minimum Gasteiger partial charge on any atom is -0.324 e. The lowest BCUT2D eigenvalue weighted by molar-refractivity contribution is -0.124. The maximum Gasteiger partial charge on any atom is 0.255 e. The third-order valence-electron chi connectivity index (χ3n) is 6.19. The van der Waals surface area contributed by atoms with Gasteiger partial charge in [0.25, 0.3) is 5.91 Å². The highest BCUT2D eigenvalue weighted by Crippen LogP contribution is 2.31. The number of carbonyl (C=O) groups is 3. The Bertz CT molecular complexity index is 1230. The SMILES string of the molecule is C=C1CCC(N2Cc3cc(CCC(=O)c4ccc(S(C)(=O)=O)cc4)ccc3C2=O)C(=O)C1. The molecule has 1 saturated carbocycles. The fraction of sp³-hybridized carbons (Fsp3) is 0.320. The molecule has 1 aliphatic carbocycles. The molecule has 0 N–H and O–H groups in total. The molecule has 0 saturated heterocycles. The number of Topliss-reactive ketones (excluding diaryl/α,β-unsaturated/α-hetero) is 2. The van der Waals surface area contributed by atoms with Crippen molar-refractivity contribution in [1.29, 1.82) is 0 Å². The van der Waals surface area contributed by atoms with Crippen LogP contribution in [-0.2, 0) is 27.6 Å². The van der Waals surface area contributed by atoms with E-state index in [1.807, 2.05) is 12.1 Å². The molecule has 1 unspecified atom stereocenters. The summed E-state index contributed by atoms with van der Waals surface area (Å²) in [4.78, 5) is 39.6. The monoisotopic (exact) mass is 451 g/mol. The van der Waals surface area contributed by atoms with Crippen LogP contribution >= 0.6 is 0 Å². The van der Waals surface area contributed by atoms with E-state index < -0.39 is 9.84 Å². The van der Waals surface area contributed by atoms with Gasteiger partial charge in [-0.1, -0.05) is 36.4 Å². The minimum atomic E-state index is -3.30. The van der Waals surface area contributed by atoms with Crippen LogP contribution < -0.4 is 0 Å². The van der Waals surface area contributed by atoms with Crippen molar-refractivity contribution in [2.75, 3.05) is 6.26 Å². The number of rotatable bonds is 6. The van der Waals surface area contributed by atoms with E-state index in [0.29, 0.717) is 36.9 Å². The predicted octanol–water partition coefficient (Wildman–Crippen LogP) is 3.54. The molecule has 0 radical (unpaired) electrons. The Kier molecular flexibility index (Phi) is 5.86. The van der Waals surface area contributed by atoms with Gasteiger partial charge in [-0.15, -0.1) is 0 Å². The number of fused-ring (bicyclic) bond motifs is 1. The second-order valence-electron chi connectivity index (χ2n) is 8.59. The van der Waals surface area contributed by atoms with E-state index in [-0.39, 0.29) is 34.8 Å². The van der Waals surface area contributed by atoms with Crippen molar-refractivity contribution >= 4 is 27.3 Å². The summed E-state index contributed by atoms with van der Waals surface area (Å²) >= 11 is 0. The molecule has 7 heteroatoms. The van der Waals surface area contributed by atoms with Crippen LogP contribution in [0.3, 0.4) is 0 Å². The fourth-order valence-corrected chi connectivity index (χ4v) is 5.01. The molecule has 0 spiro atoms. The zero-order chi connectivity index (χ0) is 23.0. The summed E-state index contributed by atoms with van der Waals surface area (Å²) in [6.45, 7) is 4.30. The van der Waals surface area contributed by atoms with Crippen molar-refractivity contribution in [3.05, 3.63) is 76.9 Å². The molecule has 1 fully saturated rings. The molecule has 32 heavy (non-hydrogen) atoms. The third-order valence-corrected chi connectivity index (χ3v) is 7.32. The number of amides is 1. The number of aryl methyl sites for hydroxylation is 1. The quantitative estimate of drug-likeness (QED) is 0.495. The zero-order valence-electron chi connectivity index (χ0n) is 18.0.